The third-order valence-corrected chi connectivity index (χ3v) is 10.7. The Hall–Kier alpha value is -5.52. The lowest BCUT2D eigenvalue weighted by atomic mass is 9.54. The fraction of sp³-hybridized carbons (Fsp3) is 0.116. The van der Waals surface area contributed by atoms with Crippen LogP contribution in [0.2, 0.25) is 0 Å². The van der Waals surface area contributed by atoms with Crippen molar-refractivity contribution in [3.05, 3.63) is 199 Å². The Labute approximate surface area is 262 Å². The van der Waals surface area contributed by atoms with Crippen LogP contribution in [0.5, 0.6) is 11.5 Å². The molecule has 4 bridgehead atoms. The van der Waals surface area contributed by atoms with Crippen LogP contribution in [-0.4, -0.2) is 12.2 Å². The normalized spacial score (nSPS) is 20.0. The van der Waals surface area contributed by atoms with Crippen molar-refractivity contribution in [1.29, 1.82) is 0 Å². The van der Waals surface area contributed by atoms with Gasteiger partial charge < -0.3 is 9.84 Å². The highest BCUT2D eigenvalue weighted by atomic mass is 16.5. The average Bonchev–Trinajstić information content (AvgIpc) is 3.11. The van der Waals surface area contributed by atoms with Crippen molar-refractivity contribution in [3.63, 3.8) is 0 Å². The topological polar surface area (TPSA) is 29.5 Å². The molecule has 6 aromatic rings. The summed E-state index contributed by atoms with van der Waals surface area (Å²) in [4.78, 5) is 0. The molecule has 212 valence electrons. The number of aromatic hydroxyl groups is 1. The Kier molecular flexibility index (Phi) is 4.98. The third kappa shape index (κ3) is 3.15. The highest BCUT2D eigenvalue weighted by molar-refractivity contribution is 5.82. The Morgan fingerprint density at radius 3 is 1.11 bits per heavy atom. The van der Waals surface area contributed by atoms with Crippen LogP contribution >= 0.6 is 0 Å². The second-order valence-electron chi connectivity index (χ2n) is 12.6. The predicted molar refractivity (Wildman–Crippen MR) is 177 cm³/mol. The molecule has 0 amide bonds. The summed E-state index contributed by atoms with van der Waals surface area (Å²) in [5.41, 5.74) is 16.9. The van der Waals surface area contributed by atoms with Crippen LogP contribution in [0.4, 0.5) is 0 Å². The molecule has 1 N–H and O–H groups in total. The maximum Gasteiger partial charge on any atom is 0.124 e. The van der Waals surface area contributed by atoms with Gasteiger partial charge in [0.15, 0.2) is 0 Å². The van der Waals surface area contributed by atoms with Crippen molar-refractivity contribution in [2.45, 2.75) is 23.7 Å². The van der Waals surface area contributed by atoms with Crippen molar-refractivity contribution in [2.24, 2.45) is 0 Å². The molecule has 0 saturated heterocycles. The molecular formula is C43H28O2. The lowest BCUT2D eigenvalue weighted by Gasteiger charge is -2.48. The van der Waals surface area contributed by atoms with E-state index in [0.717, 1.165) is 28.0 Å². The highest BCUT2D eigenvalue weighted by Gasteiger charge is 2.50. The minimum Gasteiger partial charge on any atom is -0.507 e. The molecule has 0 heterocycles. The van der Waals surface area contributed by atoms with Crippen LogP contribution in [0, 0.1) is 11.8 Å². The molecule has 0 spiro atoms. The smallest absolute Gasteiger partial charge is 0.124 e. The lowest BCUT2D eigenvalue weighted by molar-refractivity contribution is 0.415. The molecule has 45 heavy (non-hydrogen) atoms. The summed E-state index contributed by atoms with van der Waals surface area (Å²) in [5.74, 6) is 8.51. The van der Waals surface area contributed by atoms with Crippen LogP contribution in [0.25, 0.3) is 0 Å². The van der Waals surface area contributed by atoms with Gasteiger partial charge in [0.2, 0.25) is 0 Å². The quantitative estimate of drug-likeness (QED) is 0.198. The van der Waals surface area contributed by atoms with Gasteiger partial charge in [-0.1, -0.05) is 109 Å². The fourth-order valence-electron chi connectivity index (χ4n) is 9.00. The molecule has 6 aromatic carbocycles. The van der Waals surface area contributed by atoms with Gasteiger partial charge in [-0.25, -0.2) is 0 Å². The molecule has 0 saturated carbocycles. The first-order chi connectivity index (χ1) is 22.2. The zero-order valence-corrected chi connectivity index (χ0v) is 24.7. The van der Waals surface area contributed by atoms with Crippen LogP contribution < -0.4 is 4.74 Å². The van der Waals surface area contributed by atoms with Crippen LogP contribution in [-0.2, 0) is 0 Å². The van der Waals surface area contributed by atoms with E-state index in [0.29, 0.717) is 5.75 Å². The van der Waals surface area contributed by atoms with Crippen LogP contribution in [0.1, 0.15) is 102 Å². The van der Waals surface area contributed by atoms with E-state index in [1.807, 2.05) is 24.3 Å². The summed E-state index contributed by atoms with van der Waals surface area (Å²) in [6.45, 7) is 0. The van der Waals surface area contributed by atoms with E-state index < -0.39 is 0 Å². The molecule has 12 rings (SSSR count). The number of hydrogen-bond donors (Lipinski definition) is 1. The average molecular weight is 577 g/mol. The van der Waals surface area contributed by atoms with Crippen molar-refractivity contribution < 1.29 is 9.84 Å². The molecule has 0 atom stereocenters. The molecule has 2 nitrogen and oxygen atoms in total. The van der Waals surface area contributed by atoms with Gasteiger partial charge in [-0.2, -0.15) is 0 Å². The standard InChI is InChI=1S/C43H28O2/c1-45-25-21-18-24(19-22-25)20-23-34-39-35-26-10-2-6-14-30(26)37(31-15-7-3-11-27(31)35)41(39)43(44)42-38-32-16-8-4-12-28(32)36(40(34)42)29-13-5-9-17-33(29)38/h2-19,21-22,35-38,44H,1H3. The van der Waals surface area contributed by atoms with Gasteiger partial charge >= 0.3 is 0 Å². The zero-order valence-electron chi connectivity index (χ0n) is 24.7. The van der Waals surface area contributed by atoms with Crippen molar-refractivity contribution in [2.75, 3.05) is 7.11 Å². The summed E-state index contributed by atoms with van der Waals surface area (Å²) in [7, 11) is 1.69. The third-order valence-electron chi connectivity index (χ3n) is 10.7. The number of methoxy groups -OCH3 is 1. The van der Waals surface area contributed by atoms with E-state index in [1.54, 1.807) is 7.11 Å². The minimum atomic E-state index is -0.0461. The molecule has 0 fully saturated rings. The Balaban J connectivity index is 1.34. The number of benzene rings is 6. The summed E-state index contributed by atoms with van der Waals surface area (Å²) in [5, 5.41) is 12.7. The first kappa shape index (κ1) is 24.9. The Morgan fingerprint density at radius 1 is 0.444 bits per heavy atom. The summed E-state index contributed by atoms with van der Waals surface area (Å²) >= 11 is 0. The van der Waals surface area contributed by atoms with E-state index in [-0.39, 0.29) is 23.7 Å². The number of phenolic OH excluding ortho intramolecular Hbond substituents is 1. The van der Waals surface area contributed by atoms with Crippen LogP contribution in [0.3, 0.4) is 0 Å². The number of rotatable bonds is 1. The van der Waals surface area contributed by atoms with Gasteiger partial charge in [0.1, 0.15) is 11.5 Å². The van der Waals surface area contributed by atoms with Crippen molar-refractivity contribution in [3.8, 4) is 23.3 Å². The minimum absolute atomic E-state index is 0.000270. The van der Waals surface area contributed by atoms with E-state index in [4.69, 9.17) is 4.74 Å². The maximum absolute atomic E-state index is 12.7. The van der Waals surface area contributed by atoms with Crippen molar-refractivity contribution in [1.82, 2.24) is 0 Å². The van der Waals surface area contributed by atoms with E-state index in [9.17, 15) is 5.11 Å². The summed E-state index contributed by atoms with van der Waals surface area (Å²) in [6.07, 6.45) is 0. The van der Waals surface area contributed by atoms with E-state index in [2.05, 4.69) is 109 Å². The molecule has 2 heteroatoms. The number of ether oxygens (including phenoxy) is 1. The molecule has 0 aromatic heterocycles. The lowest BCUT2D eigenvalue weighted by Crippen LogP contribution is -2.33. The molecule has 0 aliphatic heterocycles. The predicted octanol–water partition coefficient (Wildman–Crippen LogP) is 8.78. The van der Waals surface area contributed by atoms with Gasteiger partial charge in [0.25, 0.3) is 0 Å². The second kappa shape index (κ2) is 9.00. The van der Waals surface area contributed by atoms with Crippen LogP contribution in [0.15, 0.2) is 121 Å². The maximum atomic E-state index is 12.7. The fourth-order valence-corrected chi connectivity index (χ4v) is 9.00. The summed E-state index contributed by atoms with van der Waals surface area (Å²) in [6, 6.07) is 43.3. The van der Waals surface area contributed by atoms with Gasteiger partial charge in [-0.3, -0.25) is 0 Å². The monoisotopic (exact) mass is 576 g/mol. The number of phenols is 1. The van der Waals surface area contributed by atoms with Crippen molar-refractivity contribution >= 4 is 0 Å². The largest absolute Gasteiger partial charge is 0.507 e. The Bertz CT molecular complexity index is 2080. The number of hydrogen-bond acceptors (Lipinski definition) is 2. The molecule has 6 aliphatic carbocycles. The molecule has 0 unspecified atom stereocenters. The van der Waals surface area contributed by atoms with Gasteiger partial charge in [-0.15, -0.1) is 0 Å². The Morgan fingerprint density at radius 2 is 0.778 bits per heavy atom. The summed E-state index contributed by atoms with van der Waals surface area (Å²) < 4.78 is 5.42. The highest BCUT2D eigenvalue weighted by Crippen LogP contribution is 2.65. The second-order valence-corrected chi connectivity index (χ2v) is 12.6. The van der Waals surface area contributed by atoms with Gasteiger partial charge in [0, 0.05) is 45.9 Å². The zero-order chi connectivity index (χ0) is 29.8. The SMILES string of the molecule is COc1ccc(C#Cc2c3c(c(O)c4c2C2c5ccccc5C4c4ccccc42)C2c4ccccc4C3c3ccccc32)cc1. The first-order valence-electron chi connectivity index (χ1n) is 15.7. The molecular weight excluding hydrogens is 548 g/mol. The van der Waals surface area contributed by atoms with E-state index >= 15 is 0 Å². The van der Waals surface area contributed by atoms with E-state index in [1.165, 1.54) is 55.6 Å². The van der Waals surface area contributed by atoms with Gasteiger partial charge in [-0.05, 0) is 79.9 Å². The first-order valence-corrected chi connectivity index (χ1v) is 15.7. The van der Waals surface area contributed by atoms with Gasteiger partial charge in [0.05, 0.1) is 7.11 Å². The molecule has 0 radical (unpaired) electrons. The molecule has 6 aliphatic rings.